The number of nitrogens with zero attached hydrogens (tertiary/aromatic N) is 3. The van der Waals surface area contributed by atoms with Gasteiger partial charge in [0.25, 0.3) is 0 Å². The Morgan fingerprint density at radius 3 is 2.80 bits per heavy atom. The lowest BCUT2D eigenvalue weighted by Gasteiger charge is -2.20. The van der Waals surface area contributed by atoms with E-state index in [1.54, 1.807) is 11.3 Å². The summed E-state index contributed by atoms with van der Waals surface area (Å²) >= 11 is 1.77. The van der Waals surface area contributed by atoms with Gasteiger partial charge in [-0.25, -0.2) is 9.97 Å². The molecule has 2 rings (SSSR count). The van der Waals surface area contributed by atoms with Gasteiger partial charge in [-0.2, -0.15) is 0 Å². The molecule has 2 aromatic heterocycles. The number of thiophene rings is 1. The lowest BCUT2D eigenvalue weighted by Crippen LogP contribution is -2.24. The number of hydrogen-bond acceptors (Lipinski definition) is 5. The molecule has 2 heterocycles. The van der Waals surface area contributed by atoms with Gasteiger partial charge >= 0.3 is 0 Å². The van der Waals surface area contributed by atoms with Crippen molar-refractivity contribution in [3.05, 3.63) is 39.8 Å². The van der Waals surface area contributed by atoms with E-state index in [1.165, 1.54) is 10.4 Å². The highest BCUT2D eigenvalue weighted by Crippen LogP contribution is 2.17. The standard InChI is InChI=1S/C15H22N4S/c1-4-16-9-13-10-17-15(18-12(13)3)19(5-2)11-14-7-6-8-20-14/h6-8,10,16H,4-5,9,11H2,1-3H3. The highest BCUT2D eigenvalue weighted by Gasteiger charge is 2.10. The predicted octanol–water partition coefficient (Wildman–Crippen LogP) is 2.98. The van der Waals surface area contributed by atoms with Crippen molar-refractivity contribution < 1.29 is 0 Å². The van der Waals surface area contributed by atoms with E-state index in [4.69, 9.17) is 0 Å². The summed E-state index contributed by atoms with van der Waals surface area (Å²) in [6.45, 7) is 9.87. The molecule has 20 heavy (non-hydrogen) atoms. The molecule has 0 unspecified atom stereocenters. The van der Waals surface area contributed by atoms with Crippen LogP contribution in [0, 0.1) is 6.92 Å². The summed E-state index contributed by atoms with van der Waals surface area (Å²) in [6, 6.07) is 4.24. The molecule has 0 aliphatic heterocycles. The number of rotatable bonds is 7. The second-order valence-corrected chi connectivity index (χ2v) is 5.69. The fraction of sp³-hybridized carbons (Fsp3) is 0.467. The normalized spacial score (nSPS) is 10.8. The van der Waals surface area contributed by atoms with Gasteiger partial charge in [-0.1, -0.05) is 13.0 Å². The Kier molecular flexibility index (Phi) is 5.49. The third-order valence-corrected chi connectivity index (χ3v) is 4.09. The summed E-state index contributed by atoms with van der Waals surface area (Å²) in [5, 5.41) is 5.42. The van der Waals surface area contributed by atoms with Crippen molar-refractivity contribution in [3.63, 3.8) is 0 Å². The molecule has 0 saturated heterocycles. The Hall–Kier alpha value is -1.46. The van der Waals surface area contributed by atoms with Crippen LogP contribution in [0.3, 0.4) is 0 Å². The van der Waals surface area contributed by atoms with Gasteiger partial charge in [-0.15, -0.1) is 11.3 Å². The summed E-state index contributed by atoms with van der Waals surface area (Å²) < 4.78 is 0. The predicted molar refractivity (Wildman–Crippen MR) is 85.2 cm³/mol. The molecule has 0 spiro atoms. The van der Waals surface area contributed by atoms with Crippen molar-refractivity contribution >= 4 is 17.3 Å². The van der Waals surface area contributed by atoms with Crippen LogP contribution in [0.4, 0.5) is 5.95 Å². The highest BCUT2D eigenvalue weighted by molar-refractivity contribution is 7.09. The Balaban J connectivity index is 2.11. The summed E-state index contributed by atoms with van der Waals surface area (Å²) in [6.07, 6.45) is 1.94. The van der Waals surface area contributed by atoms with Crippen LogP contribution in [0.5, 0.6) is 0 Å². The molecular formula is C15H22N4S. The van der Waals surface area contributed by atoms with E-state index in [9.17, 15) is 0 Å². The Bertz CT molecular complexity index is 525. The fourth-order valence-corrected chi connectivity index (χ4v) is 2.70. The van der Waals surface area contributed by atoms with Gasteiger partial charge in [-0.05, 0) is 31.8 Å². The molecule has 0 fully saturated rings. The first kappa shape index (κ1) is 14.9. The van der Waals surface area contributed by atoms with E-state index in [0.29, 0.717) is 0 Å². The number of aryl methyl sites for hydroxylation is 1. The zero-order valence-electron chi connectivity index (χ0n) is 12.4. The summed E-state index contributed by atoms with van der Waals surface area (Å²) in [5.74, 6) is 0.818. The molecule has 0 atom stereocenters. The van der Waals surface area contributed by atoms with Gasteiger partial charge in [0.1, 0.15) is 0 Å². The van der Waals surface area contributed by atoms with Crippen molar-refractivity contribution in [2.45, 2.75) is 33.9 Å². The fourth-order valence-electron chi connectivity index (χ4n) is 1.98. The van der Waals surface area contributed by atoms with Crippen molar-refractivity contribution in [2.75, 3.05) is 18.0 Å². The zero-order chi connectivity index (χ0) is 14.4. The minimum absolute atomic E-state index is 0.818. The van der Waals surface area contributed by atoms with E-state index in [2.05, 4.69) is 58.5 Å². The topological polar surface area (TPSA) is 41.1 Å². The van der Waals surface area contributed by atoms with Crippen LogP contribution < -0.4 is 10.2 Å². The minimum atomic E-state index is 0.818. The molecule has 1 N–H and O–H groups in total. The second-order valence-electron chi connectivity index (χ2n) is 4.65. The maximum atomic E-state index is 4.66. The quantitative estimate of drug-likeness (QED) is 0.851. The first-order valence-electron chi connectivity index (χ1n) is 7.05. The van der Waals surface area contributed by atoms with Gasteiger partial charge in [0, 0.05) is 35.4 Å². The molecule has 0 saturated carbocycles. The zero-order valence-corrected chi connectivity index (χ0v) is 13.2. The SMILES string of the molecule is CCNCc1cnc(N(CC)Cc2cccs2)nc1C. The van der Waals surface area contributed by atoms with Crippen LogP contribution in [0.15, 0.2) is 23.7 Å². The van der Waals surface area contributed by atoms with Crippen molar-refractivity contribution in [1.29, 1.82) is 0 Å². The number of hydrogen-bond donors (Lipinski definition) is 1. The van der Waals surface area contributed by atoms with E-state index < -0.39 is 0 Å². The highest BCUT2D eigenvalue weighted by atomic mass is 32.1. The van der Waals surface area contributed by atoms with Crippen molar-refractivity contribution in [2.24, 2.45) is 0 Å². The Labute approximate surface area is 124 Å². The van der Waals surface area contributed by atoms with Gasteiger partial charge in [0.15, 0.2) is 0 Å². The summed E-state index contributed by atoms with van der Waals surface area (Å²) in [7, 11) is 0. The lowest BCUT2D eigenvalue weighted by molar-refractivity contribution is 0.711. The van der Waals surface area contributed by atoms with Gasteiger partial charge in [0.05, 0.1) is 6.54 Å². The first-order chi connectivity index (χ1) is 9.74. The van der Waals surface area contributed by atoms with Crippen LogP contribution in [0.25, 0.3) is 0 Å². The average Bonchev–Trinajstić information content (AvgIpc) is 2.96. The van der Waals surface area contributed by atoms with Gasteiger partial charge in [-0.3, -0.25) is 0 Å². The van der Waals surface area contributed by atoms with Crippen LogP contribution in [-0.2, 0) is 13.1 Å². The Morgan fingerprint density at radius 2 is 2.20 bits per heavy atom. The molecule has 5 heteroatoms. The lowest BCUT2D eigenvalue weighted by atomic mass is 10.2. The molecule has 0 aliphatic rings. The molecule has 0 amide bonds. The summed E-state index contributed by atoms with van der Waals surface area (Å²) in [5.41, 5.74) is 2.23. The third-order valence-electron chi connectivity index (χ3n) is 3.23. The van der Waals surface area contributed by atoms with Crippen LogP contribution in [0.1, 0.15) is 30.0 Å². The van der Waals surface area contributed by atoms with E-state index in [0.717, 1.165) is 37.8 Å². The monoisotopic (exact) mass is 290 g/mol. The largest absolute Gasteiger partial charge is 0.336 e. The van der Waals surface area contributed by atoms with Crippen LogP contribution >= 0.6 is 11.3 Å². The molecule has 2 aromatic rings. The molecular weight excluding hydrogens is 268 g/mol. The summed E-state index contributed by atoms with van der Waals surface area (Å²) in [4.78, 5) is 12.7. The Morgan fingerprint density at radius 1 is 1.35 bits per heavy atom. The molecule has 108 valence electrons. The van der Waals surface area contributed by atoms with Crippen molar-refractivity contribution in [1.82, 2.24) is 15.3 Å². The molecule has 0 aliphatic carbocycles. The van der Waals surface area contributed by atoms with E-state index >= 15 is 0 Å². The minimum Gasteiger partial charge on any atom is -0.336 e. The van der Waals surface area contributed by atoms with Crippen LogP contribution in [-0.4, -0.2) is 23.1 Å². The number of nitrogens with one attached hydrogen (secondary N) is 1. The molecule has 4 nitrogen and oxygen atoms in total. The first-order valence-corrected chi connectivity index (χ1v) is 7.93. The molecule has 0 bridgehead atoms. The van der Waals surface area contributed by atoms with Gasteiger partial charge in [0.2, 0.25) is 5.95 Å². The smallest absolute Gasteiger partial charge is 0.225 e. The maximum absolute atomic E-state index is 4.66. The maximum Gasteiger partial charge on any atom is 0.225 e. The number of anilines is 1. The van der Waals surface area contributed by atoms with Crippen molar-refractivity contribution in [3.8, 4) is 0 Å². The number of aromatic nitrogens is 2. The molecule has 0 radical (unpaired) electrons. The second kappa shape index (κ2) is 7.36. The van der Waals surface area contributed by atoms with Crippen LogP contribution in [0.2, 0.25) is 0 Å². The molecule has 0 aromatic carbocycles. The third kappa shape index (κ3) is 3.77. The average molecular weight is 290 g/mol. The van der Waals surface area contributed by atoms with E-state index in [1.807, 2.05) is 6.20 Å². The van der Waals surface area contributed by atoms with E-state index in [-0.39, 0.29) is 0 Å². The van der Waals surface area contributed by atoms with Gasteiger partial charge < -0.3 is 10.2 Å².